The van der Waals surface area contributed by atoms with Crippen molar-refractivity contribution in [3.05, 3.63) is 60.2 Å². The quantitative estimate of drug-likeness (QED) is 0.845. The number of thioether (sulfide) groups is 1. The van der Waals surface area contributed by atoms with Gasteiger partial charge in [0.1, 0.15) is 0 Å². The van der Waals surface area contributed by atoms with E-state index in [9.17, 15) is 0 Å². The standard InChI is InChI=1S/C17H18N2SSe/c1-13-7-5-6-10-16(13)19-17-18-11-14(20-17)12-21-15-8-3-2-4-9-15/h2-10,14H,11-12H2,1H3,(H,18,19). The molecule has 0 saturated carbocycles. The molecule has 0 bridgehead atoms. The monoisotopic (exact) mass is 362 g/mol. The first-order chi connectivity index (χ1) is 10.3. The number of amidine groups is 1. The Kier molecular flexibility index (Phi) is 5.02. The normalized spacial score (nSPS) is 17.6. The van der Waals surface area contributed by atoms with E-state index in [0.717, 1.165) is 17.4 Å². The van der Waals surface area contributed by atoms with Crippen molar-refractivity contribution in [2.24, 2.45) is 4.99 Å². The van der Waals surface area contributed by atoms with Crippen molar-refractivity contribution in [2.45, 2.75) is 17.5 Å². The van der Waals surface area contributed by atoms with Crippen LogP contribution < -0.4 is 9.78 Å². The summed E-state index contributed by atoms with van der Waals surface area (Å²) >= 11 is 2.44. The number of nitrogens with one attached hydrogen (secondary N) is 1. The first kappa shape index (κ1) is 14.7. The number of benzene rings is 2. The second-order valence-corrected chi connectivity index (χ2v) is 8.53. The van der Waals surface area contributed by atoms with E-state index < -0.39 is 0 Å². The summed E-state index contributed by atoms with van der Waals surface area (Å²) in [6.45, 7) is 3.06. The number of aliphatic imine (C=N–C) groups is 1. The summed E-state index contributed by atoms with van der Waals surface area (Å²) in [6.07, 6.45) is 0. The van der Waals surface area contributed by atoms with Crippen molar-refractivity contribution in [1.29, 1.82) is 0 Å². The molecule has 2 aromatic rings. The van der Waals surface area contributed by atoms with Gasteiger partial charge in [-0.1, -0.05) is 0 Å². The Bertz CT molecular complexity index is 628. The third kappa shape index (κ3) is 4.13. The van der Waals surface area contributed by atoms with Crippen molar-refractivity contribution in [3.8, 4) is 0 Å². The van der Waals surface area contributed by atoms with Crippen LogP contribution in [0.1, 0.15) is 5.56 Å². The number of rotatable bonds is 4. The topological polar surface area (TPSA) is 24.4 Å². The average Bonchev–Trinajstić information content (AvgIpc) is 2.96. The molecule has 0 aliphatic carbocycles. The van der Waals surface area contributed by atoms with Gasteiger partial charge in [-0.05, 0) is 0 Å². The molecule has 1 aliphatic rings. The van der Waals surface area contributed by atoms with Crippen molar-refractivity contribution in [2.75, 3.05) is 11.9 Å². The first-order valence-electron chi connectivity index (χ1n) is 7.03. The fourth-order valence-corrected chi connectivity index (χ4v) is 5.49. The summed E-state index contributed by atoms with van der Waals surface area (Å²) in [7, 11) is 0. The van der Waals surface area contributed by atoms with Gasteiger partial charge in [-0.25, -0.2) is 0 Å². The minimum absolute atomic E-state index is 0.548. The van der Waals surface area contributed by atoms with Crippen LogP contribution in [0.5, 0.6) is 0 Å². The Labute approximate surface area is 136 Å². The third-order valence-corrected chi connectivity index (χ3v) is 7.33. The molecule has 4 heteroatoms. The van der Waals surface area contributed by atoms with Crippen LogP contribution in [0.4, 0.5) is 5.69 Å². The molecule has 2 nitrogen and oxygen atoms in total. The van der Waals surface area contributed by atoms with E-state index in [1.807, 2.05) is 11.8 Å². The van der Waals surface area contributed by atoms with Gasteiger partial charge in [0.05, 0.1) is 0 Å². The molecule has 0 fully saturated rings. The number of anilines is 1. The molecular weight excluding hydrogens is 343 g/mol. The second-order valence-electron chi connectivity index (χ2n) is 4.95. The summed E-state index contributed by atoms with van der Waals surface area (Å²) in [5.74, 6) is 0. The van der Waals surface area contributed by atoms with Crippen LogP contribution in [0, 0.1) is 6.92 Å². The van der Waals surface area contributed by atoms with Crippen LogP contribution in [0.25, 0.3) is 0 Å². The summed E-state index contributed by atoms with van der Waals surface area (Å²) in [5.41, 5.74) is 2.43. The minimum atomic E-state index is 0.548. The maximum atomic E-state index is 4.64. The molecular formula is C17H18N2SSe. The van der Waals surface area contributed by atoms with Crippen molar-refractivity contribution >= 4 is 42.0 Å². The van der Waals surface area contributed by atoms with E-state index in [0.29, 0.717) is 20.2 Å². The van der Waals surface area contributed by atoms with Gasteiger partial charge < -0.3 is 0 Å². The van der Waals surface area contributed by atoms with Gasteiger partial charge in [0.15, 0.2) is 0 Å². The van der Waals surface area contributed by atoms with E-state index in [1.165, 1.54) is 15.3 Å². The number of aryl methyl sites for hydroxylation is 1. The molecule has 0 amide bonds. The van der Waals surface area contributed by atoms with Crippen LogP contribution in [-0.2, 0) is 0 Å². The Morgan fingerprint density at radius 1 is 1.14 bits per heavy atom. The molecule has 0 radical (unpaired) electrons. The summed E-state index contributed by atoms with van der Waals surface area (Å²) in [6, 6.07) is 19.1. The molecule has 108 valence electrons. The predicted molar refractivity (Wildman–Crippen MR) is 95.1 cm³/mol. The Morgan fingerprint density at radius 3 is 2.71 bits per heavy atom. The van der Waals surface area contributed by atoms with E-state index >= 15 is 0 Å². The fourth-order valence-electron chi connectivity index (χ4n) is 2.11. The number of hydrogen-bond donors (Lipinski definition) is 1. The number of para-hydroxylation sites is 1. The van der Waals surface area contributed by atoms with Crippen LogP contribution >= 0.6 is 11.8 Å². The van der Waals surface area contributed by atoms with E-state index in [2.05, 4.69) is 71.8 Å². The molecule has 21 heavy (non-hydrogen) atoms. The second kappa shape index (κ2) is 7.17. The first-order valence-corrected chi connectivity index (χ1v) is 9.97. The molecule has 1 N–H and O–H groups in total. The van der Waals surface area contributed by atoms with E-state index in [4.69, 9.17) is 0 Å². The zero-order valence-electron chi connectivity index (χ0n) is 12.0. The van der Waals surface area contributed by atoms with Crippen LogP contribution in [-0.4, -0.2) is 31.9 Å². The molecule has 0 aromatic heterocycles. The van der Waals surface area contributed by atoms with Crippen molar-refractivity contribution in [3.63, 3.8) is 0 Å². The molecule has 2 aromatic carbocycles. The summed E-state index contributed by atoms with van der Waals surface area (Å²) in [4.78, 5) is 4.64. The Balaban J connectivity index is 1.50. The van der Waals surface area contributed by atoms with Gasteiger partial charge in [-0.15, -0.1) is 0 Å². The summed E-state index contributed by atoms with van der Waals surface area (Å²) < 4.78 is 1.48. The molecule has 1 aliphatic heterocycles. The van der Waals surface area contributed by atoms with Gasteiger partial charge in [0.2, 0.25) is 0 Å². The molecule has 0 spiro atoms. The maximum absolute atomic E-state index is 4.64. The predicted octanol–water partition coefficient (Wildman–Crippen LogP) is 3.33. The Morgan fingerprint density at radius 2 is 1.90 bits per heavy atom. The van der Waals surface area contributed by atoms with Gasteiger partial charge in [-0.3, -0.25) is 0 Å². The summed E-state index contributed by atoms with van der Waals surface area (Å²) in [5, 5.41) is 6.39. The molecule has 1 heterocycles. The van der Waals surface area contributed by atoms with Crippen LogP contribution in [0.15, 0.2) is 59.6 Å². The van der Waals surface area contributed by atoms with Gasteiger partial charge in [0.25, 0.3) is 0 Å². The van der Waals surface area contributed by atoms with Crippen molar-refractivity contribution in [1.82, 2.24) is 0 Å². The van der Waals surface area contributed by atoms with E-state index in [-0.39, 0.29) is 0 Å². The number of hydrogen-bond acceptors (Lipinski definition) is 3. The molecule has 3 rings (SSSR count). The zero-order valence-corrected chi connectivity index (χ0v) is 14.5. The molecule has 1 unspecified atom stereocenters. The average molecular weight is 361 g/mol. The zero-order chi connectivity index (χ0) is 14.5. The number of nitrogens with zero attached hydrogens (tertiary/aromatic N) is 1. The van der Waals surface area contributed by atoms with E-state index in [1.54, 1.807) is 0 Å². The molecule has 0 saturated heterocycles. The van der Waals surface area contributed by atoms with Crippen LogP contribution in [0.2, 0.25) is 5.32 Å². The third-order valence-electron chi connectivity index (χ3n) is 3.28. The SMILES string of the molecule is Cc1ccccc1NC1=NCC(C[Se]c2ccccc2)S1. The van der Waals surface area contributed by atoms with Gasteiger partial charge in [0, 0.05) is 0 Å². The van der Waals surface area contributed by atoms with Gasteiger partial charge in [-0.2, -0.15) is 0 Å². The molecule has 1 atom stereocenters. The Hall–Kier alpha value is -1.22. The van der Waals surface area contributed by atoms with Crippen molar-refractivity contribution < 1.29 is 0 Å². The van der Waals surface area contributed by atoms with Gasteiger partial charge >= 0.3 is 137 Å². The van der Waals surface area contributed by atoms with Crippen LogP contribution in [0.3, 0.4) is 0 Å². The fraction of sp³-hybridized carbons (Fsp3) is 0.235.